The van der Waals surface area contributed by atoms with Crippen LogP contribution in [0.1, 0.15) is 12.8 Å². The van der Waals surface area contributed by atoms with Crippen LogP contribution >= 0.6 is 0 Å². The highest BCUT2D eigenvalue weighted by Crippen LogP contribution is 2.24. The van der Waals surface area contributed by atoms with Gasteiger partial charge in [0, 0.05) is 18.7 Å². The highest BCUT2D eigenvalue weighted by Gasteiger charge is 2.36. The van der Waals surface area contributed by atoms with Gasteiger partial charge in [-0.2, -0.15) is 0 Å². The van der Waals surface area contributed by atoms with E-state index in [0.717, 1.165) is 0 Å². The highest BCUT2D eigenvalue weighted by molar-refractivity contribution is 5.92. The van der Waals surface area contributed by atoms with Crippen LogP contribution in [0.25, 0.3) is 0 Å². The summed E-state index contributed by atoms with van der Waals surface area (Å²) in [6.07, 6.45) is 1.11. The number of nitrogens with one attached hydrogen (secondary N) is 1. The Labute approximate surface area is 85.2 Å². The second-order valence-corrected chi connectivity index (χ2v) is 3.41. The van der Waals surface area contributed by atoms with Crippen molar-refractivity contribution in [2.75, 3.05) is 0 Å². The van der Waals surface area contributed by atoms with Crippen LogP contribution in [0.4, 0.5) is 4.39 Å². The second kappa shape index (κ2) is 3.88. The minimum Gasteiger partial charge on any atom is -0.421 e. The smallest absolute Gasteiger partial charge is 0.320 e. The maximum Gasteiger partial charge on any atom is 0.320 e. The Morgan fingerprint density at radius 2 is 1.93 bits per heavy atom. The van der Waals surface area contributed by atoms with E-state index in [1.807, 2.05) is 0 Å². The lowest BCUT2D eigenvalue weighted by Crippen LogP contribution is -2.31. The Bertz CT molecular complexity index is 301. The largest absolute Gasteiger partial charge is 0.421 e. The summed E-state index contributed by atoms with van der Waals surface area (Å²) in [5.74, 6) is -1.23. The van der Waals surface area contributed by atoms with Gasteiger partial charge >= 0.3 is 11.9 Å². The van der Waals surface area contributed by atoms with Crippen molar-refractivity contribution < 1.29 is 23.5 Å². The van der Waals surface area contributed by atoms with Crippen LogP contribution in [0.2, 0.25) is 0 Å². The third kappa shape index (κ3) is 2.68. The molecule has 1 aliphatic carbocycles. The summed E-state index contributed by atoms with van der Waals surface area (Å²) < 4.78 is 21.8. The zero-order valence-corrected chi connectivity index (χ0v) is 7.81. The van der Waals surface area contributed by atoms with Gasteiger partial charge in [0.1, 0.15) is 12.6 Å². The van der Waals surface area contributed by atoms with Crippen LogP contribution in [0.5, 0.6) is 0 Å². The number of rotatable bonds is 3. The number of hydrogen-bond donors (Lipinski definition) is 1. The van der Waals surface area contributed by atoms with Gasteiger partial charge in [0.15, 0.2) is 0 Å². The van der Waals surface area contributed by atoms with Gasteiger partial charge < -0.3 is 14.8 Å². The fourth-order valence-electron chi connectivity index (χ4n) is 1.16. The lowest BCUT2D eigenvalue weighted by molar-refractivity contribution is -0.194. The molecule has 5 nitrogen and oxygen atoms in total. The predicted octanol–water partition coefficient (Wildman–Crippen LogP) is 0.0163. The molecule has 1 saturated carbocycles. The van der Waals surface area contributed by atoms with E-state index in [0.29, 0.717) is 6.42 Å². The van der Waals surface area contributed by atoms with Crippen LogP contribution in [0, 0.1) is 0 Å². The van der Waals surface area contributed by atoms with Crippen LogP contribution in [-0.4, -0.2) is 30.4 Å². The highest BCUT2D eigenvalue weighted by atomic mass is 19.1. The van der Waals surface area contributed by atoms with E-state index in [4.69, 9.17) is 0 Å². The molecule has 1 heterocycles. The molecular formula is C9H10FNO4. The van der Waals surface area contributed by atoms with Gasteiger partial charge in [0.2, 0.25) is 0 Å². The van der Waals surface area contributed by atoms with Gasteiger partial charge in [-0.1, -0.05) is 0 Å². The van der Waals surface area contributed by atoms with E-state index < -0.39 is 24.4 Å². The lowest BCUT2D eigenvalue weighted by atomic mass is 10.4. The van der Waals surface area contributed by atoms with E-state index in [9.17, 15) is 14.0 Å². The lowest BCUT2D eigenvalue weighted by Gasteiger charge is -2.19. The quantitative estimate of drug-likeness (QED) is 0.531. The summed E-state index contributed by atoms with van der Waals surface area (Å²) in [6.45, 7) is 0. The molecule has 2 unspecified atom stereocenters. The maximum absolute atomic E-state index is 12.4. The molecule has 0 aromatic rings. The molecule has 0 spiro atoms. The molecule has 6 heteroatoms. The van der Waals surface area contributed by atoms with E-state index in [1.54, 1.807) is 0 Å². The molecule has 2 atom stereocenters. The molecule has 2 fully saturated rings. The van der Waals surface area contributed by atoms with Crippen LogP contribution < -0.4 is 5.32 Å². The van der Waals surface area contributed by atoms with E-state index >= 15 is 0 Å². The fourth-order valence-corrected chi connectivity index (χ4v) is 1.16. The first-order chi connectivity index (χ1) is 7.15. The molecule has 1 saturated heterocycles. The molecule has 1 N–H and O–H groups in total. The monoisotopic (exact) mass is 215 g/mol. The molecule has 0 aromatic heterocycles. The van der Waals surface area contributed by atoms with Crippen molar-refractivity contribution in [1.29, 1.82) is 0 Å². The average molecular weight is 215 g/mol. The number of esters is 2. The summed E-state index contributed by atoms with van der Waals surface area (Å²) in [5.41, 5.74) is 0. The summed E-state index contributed by atoms with van der Waals surface area (Å²) in [6, 6.07) is -0.170. The third-order valence-corrected chi connectivity index (χ3v) is 2.06. The molecular weight excluding hydrogens is 205 g/mol. The van der Waals surface area contributed by atoms with E-state index in [-0.39, 0.29) is 12.5 Å². The predicted molar refractivity (Wildman–Crippen MR) is 46.2 cm³/mol. The number of carbonyl (C=O) groups is 2. The normalized spacial score (nSPS) is 31.3. The van der Waals surface area contributed by atoms with Gasteiger partial charge in [-0.3, -0.25) is 9.59 Å². The van der Waals surface area contributed by atoms with Crippen molar-refractivity contribution >= 4 is 11.9 Å². The van der Waals surface area contributed by atoms with Crippen LogP contribution in [0.3, 0.4) is 0 Å². The molecule has 0 aromatic carbocycles. The van der Waals surface area contributed by atoms with Gasteiger partial charge in [0.25, 0.3) is 6.29 Å². The van der Waals surface area contributed by atoms with Crippen molar-refractivity contribution in [2.45, 2.75) is 31.3 Å². The standard InChI is InChI=1S/C9H10FNO4/c10-5-3-6(5)11-2-1-9-14-7(12)4-8(13)15-9/h1-2,5-6,9,11H,3-4H2/b2-1+. The van der Waals surface area contributed by atoms with E-state index in [1.165, 1.54) is 12.3 Å². The minimum atomic E-state index is -0.997. The molecule has 82 valence electrons. The summed E-state index contributed by atoms with van der Waals surface area (Å²) in [5, 5.41) is 2.75. The summed E-state index contributed by atoms with van der Waals surface area (Å²) >= 11 is 0. The van der Waals surface area contributed by atoms with Crippen molar-refractivity contribution in [1.82, 2.24) is 5.32 Å². The topological polar surface area (TPSA) is 64.6 Å². The summed E-state index contributed by atoms with van der Waals surface area (Å²) in [7, 11) is 0. The van der Waals surface area contributed by atoms with Crippen molar-refractivity contribution in [3.8, 4) is 0 Å². The number of halogens is 1. The molecule has 15 heavy (non-hydrogen) atoms. The van der Waals surface area contributed by atoms with Gasteiger partial charge in [-0.15, -0.1) is 0 Å². The van der Waals surface area contributed by atoms with Gasteiger partial charge in [-0.25, -0.2) is 4.39 Å². The molecule has 2 rings (SSSR count). The molecule has 0 bridgehead atoms. The SMILES string of the molecule is O=C1CC(=O)OC(/C=C/NC2CC2F)O1. The number of alkyl halides is 1. The zero-order valence-electron chi connectivity index (χ0n) is 7.81. The molecule has 1 aliphatic heterocycles. The first kappa shape index (κ1) is 9.95. The minimum absolute atomic E-state index is 0.170. The van der Waals surface area contributed by atoms with Crippen LogP contribution in [-0.2, 0) is 19.1 Å². The van der Waals surface area contributed by atoms with Gasteiger partial charge in [0.05, 0.1) is 6.04 Å². The number of ether oxygens (including phenoxy) is 2. The number of hydrogen-bond acceptors (Lipinski definition) is 5. The van der Waals surface area contributed by atoms with Crippen molar-refractivity contribution in [3.63, 3.8) is 0 Å². The van der Waals surface area contributed by atoms with Crippen molar-refractivity contribution in [2.24, 2.45) is 0 Å². The zero-order chi connectivity index (χ0) is 10.8. The maximum atomic E-state index is 12.4. The molecule has 2 aliphatic rings. The average Bonchev–Trinajstić information content (AvgIpc) is 2.80. The van der Waals surface area contributed by atoms with E-state index in [2.05, 4.69) is 14.8 Å². The Kier molecular flexibility index (Phi) is 2.57. The fraction of sp³-hybridized carbons (Fsp3) is 0.556. The van der Waals surface area contributed by atoms with Gasteiger partial charge in [-0.05, 0) is 0 Å². The van der Waals surface area contributed by atoms with Crippen LogP contribution in [0.15, 0.2) is 12.3 Å². The first-order valence-electron chi connectivity index (χ1n) is 4.61. The molecule has 0 radical (unpaired) electrons. The second-order valence-electron chi connectivity index (χ2n) is 3.41. The molecule has 0 amide bonds. The Balaban J connectivity index is 1.77. The Morgan fingerprint density at radius 1 is 1.33 bits per heavy atom. The van der Waals surface area contributed by atoms with Crippen molar-refractivity contribution in [3.05, 3.63) is 12.3 Å². The number of cyclic esters (lactones) is 2. The number of carbonyl (C=O) groups excluding carboxylic acids is 2. The third-order valence-electron chi connectivity index (χ3n) is 2.06. The summed E-state index contributed by atoms with van der Waals surface area (Å²) in [4.78, 5) is 21.6. The Hall–Kier alpha value is -1.59. The first-order valence-corrected chi connectivity index (χ1v) is 4.61. The Morgan fingerprint density at radius 3 is 2.47 bits per heavy atom.